The van der Waals surface area contributed by atoms with Gasteiger partial charge in [0, 0.05) is 13.6 Å². The normalized spacial score (nSPS) is 12.0. The van der Waals surface area contributed by atoms with Crippen molar-refractivity contribution in [3.8, 4) is 0 Å². The van der Waals surface area contributed by atoms with Crippen molar-refractivity contribution in [1.82, 2.24) is 10.2 Å². The third-order valence-electron chi connectivity index (χ3n) is 6.12. The molecule has 0 aliphatic rings. The van der Waals surface area contributed by atoms with E-state index in [-0.39, 0.29) is 17.3 Å². The number of benzene rings is 3. The standard InChI is InChI=1S/C28H33N3O4S/c1-20-15-21(2)17-25(16-20)31(36(34,35)26-13-7-6-8-14-26)19-27(32)30(23(4)28(33)29-5)18-24-12-10-9-11-22(24)3/h6-17,23H,18-19H2,1-5H3,(H,29,33). The maximum Gasteiger partial charge on any atom is 0.264 e. The van der Waals surface area contributed by atoms with Crippen LogP contribution in [0.4, 0.5) is 5.69 Å². The lowest BCUT2D eigenvalue weighted by atomic mass is 10.1. The minimum atomic E-state index is -4.06. The molecule has 1 N–H and O–H groups in total. The molecule has 0 aliphatic heterocycles. The Bertz CT molecular complexity index is 1320. The topological polar surface area (TPSA) is 86.8 Å². The van der Waals surface area contributed by atoms with Gasteiger partial charge in [0.2, 0.25) is 11.8 Å². The van der Waals surface area contributed by atoms with Crippen molar-refractivity contribution in [2.45, 2.75) is 45.2 Å². The molecule has 0 saturated carbocycles. The maximum absolute atomic E-state index is 13.8. The van der Waals surface area contributed by atoms with Crippen molar-refractivity contribution in [2.24, 2.45) is 0 Å². The zero-order chi connectivity index (χ0) is 26.5. The summed E-state index contributed by atoms with van der Waals surface area (Å²) in [6.07, 6.45) is 0. The Balaban J connectivity index is 2.07. The minimum absolute atomic E-state index is 0.0850. The number of carbonyl (C=O) groups excluding carboxylic acids is 2. The molecule has 0 radical (unpaired) electrons. The van der Waals surface area contributed by atoms with Gasteiger partial charge in [0.1, 0.15) is 12.6 Å². The molecule has 3 rings (SSSR count). The first-order chi connectivity index (χ1) is 17.0. The van der Waals surface area contributed by atoms with Crippen LogP contribution < -0.4 is 9.62 Å². The Kier molecular flexibility index (Phi) is 8.53. The number of amides is 2. The average molecular weight is 508 g/mol. The minimum Gasteiger partial charge on any atom is -0.357 e. The molecule has 8 heteroatoms. The van der Waals surface area contributed by atoms with E-state index in [0.717, 1.165) is 26.6 Å². The summed E-state index contributed by atoms with van der Waals surface area (Å²) in [7, 11) is -2.55. The van der Waals surface area contributed by atoms with Crippen molar-refractivity contribution in [3.63, 3.8) is 0 Å². The highest BCUT2D eigenvalue weighted by Gasteiger charge is 2.32. The predicted molar refractivity (Wildman–Crippen MR) is 142 cm³/mol. The molecule has 2 amide bonds. The van der Waals surface area contributed by atoms with Crippen molar-refractivity contribution in [1.29, 1.82) is 0 Å². The molecule has 7 nitrogen and oxygen atoms in total. The highest BCUT2D eigenvalue weighted by Crippen LogP contribution is 2.26. The molecule has 0 bridgehead atoms. The monoisotopic (exact) mass is 507 g/mol. The molecule has 0 heterocycles. The lowest BCUT2D eigenvalue weighted by Gasteiger charge is -2.32. The second-order valence-corrected chi connectivity index (χ2v) is 10.8. The Morgan fingerprint density at radius 3 is 2.06 bits per heavy atom. The number of anilines is 1. The van der Waals surface area contributed by atoms with Gasteiger partial charge >= 0.3 is 0 Å². The van der Waals surface area contributed by atoms with E-state index in [1.807, 2.05) is 51.1 Å². The molecule has 0 aliphatic carbocycles. The number of hydrogen-bond acceptors (Lipinski definition) is 4. The van der Waals surface area contributed by atoms with Gasteiger partial charge in [-0.3, -0.25) is 13.9 Å². The first-order valence-corrected chi connectivity index (χ1v) is 13.2. The Morgan fingerprint density at radius 2 is 1.47 bits per heavy atom. The molecule has 3 aromatic rings. The van der Waals surface area contributed by atoms with Gasteiger partial charge in [0.05, 0.1) is 10.6 Å². The van der Waals surface area contributed by atoms with E-state index in [4.69, 9.17) is 0 Å². The first kappa shape index (κ1) is 26.9. The molecule has 3 aromatic carbocycles. The van der Waals surface area contributed by atoms with Crippen LogP contribution in [0.3, 0.4) is 0 Å². The fourth-order valence-electron chi connectivity index (χ4n) is 4.11. The average Bonchev–Trinajstić information content (AvgIpc) is 2.85. The van der Waals surface area contributed by atoms with Crippen LogP contribution >= 0.6 is 0 Å². The summed E-state index contributed by atoms with van der Waals surface area (Å²) in [5, 5.41) is 2.59. The summed E-state index contributed by atoms with van der Waals surface area (Å²) in [5.74, 6) is -0.811. The zero-order valence-corrected chi connectivity index (χ0v) is 22.2. The van der Waals surface area contributed by atoms with Gasteiger partial charge in [-0.25, -0.2) is 8.42 Å². The summed E-state index contributed by atoms with van der Waals surface area (Å²) in [4.78, 5) is 27.9. The van der Waals surface area contributed by atoms with Gasteiger partial charge in [-0.2, -0.15) is 0 Å². The number of sulfonamides is 1. The SMILES string of the molecule is CNC(=O)C(C)N(Cc1ccccc1C)C(=O)CN(c1cc(C)cc(C)c1)S(=O)(=O)c1ccccc1. The van der Waals surface area contributed by atoms with E-state index >= 15 is 0 Å². The van der Waals surface area contributed by atoms with Gasteiger partial charge < -0.3 is 10.2 Å². The highest BCUT2D eigenvalue weighted by molar-refractivity contribution is 7.92. The van der Waals surface area contributed by atoms with E-state index in [9.17, 15) is 18.0 Å². The van der Waals surface area contributed by atoms with Crippen LogP contribution in [0.25, 0.3) is 0 Å². The van der Waals surface area contributed by atoms with E-state index in [2.05, 4.69) is 5.32 Å². The zero-order valence-electron chi connectivity index (χ0n) is 21.4. The Labute approximate surface area is 213 Å². The quantitative estimate of drug-likeness (QED) is 0.475. The van der Waals surface area contributed by atoms with Crippen molar-refractivity contribution in [3.05, 3.63) is 95.1 Å². The third-order valence-corrected chi connectivity index (χ3v) is 7.91. The van der Waals surface area contributed by atoms with E-state index < -0.39 is 28.5 Å². The molecule has 0 fully saturated rings. The predicted octanol–water partition coefficient (Wildman–Crippen LogP) is 3.97. The third kappa shape index (κ3) is 6.12. The first-order valence-electron chi connectivity index (χ1n) is 11.8. The highest BCUT2D eigenvalue weighted by atomic mass is 32.2. The summed E-state index contributed by atoms with van der Waals surface area (Å²) < 4.78 is 28.7. The number of hydrogen-bond donors (Lipinski definition) is 1. The van der Waals surface area contributed by atoms with Gasteiger partial charge in [-0.1, -0.05) is 48.5 Å². The fraction of sp³-hybridized carbons (Fsp3) is 0.286. The molecule has 0 saturated heterocycles. The van der Waals surface area contributed by atoms with Crippen LogP contribution in [0.1, 0.15) is 29.2 Å². The molecule has 0 aromatic heterocycles. The van der Waals surface area contributed by atoms with Crippen LogP contribution in [0.2, 0.25) is 0 Å². The fourth-order valence-corrected chi connectivity index (χ4v) is 5.52. The molecular formula is C28H33N3O4S. The van der Waals surface area contributed by atoms with Gasteiger partial charge in [0.15, 0.2) is 0 Å². The van der Waals surface area contributed by atoms with Crippen LogP contribution in [0.15, 0.2) is 77.7 Å². The lowest BCUT2D eigenvalue weighted by Crippen LogP contribution is -2.50. The second kappa shape index (κ2) is 11.4. The van der Waals surface area contributed by atoms with E-state index in [0.29, 0.717) is 5.69 Å². The van der Waals surface area contributed by atoms with Crippen LogP contribution in [-0.2, 0) is 26.2 Å². The summed E-state index contributed by atoms with van der Waals surface area (Å²) in [6.45, 7) is 7.05. The van der Waals surface area contributed by atoms with Crippen molar-refractivity contribution < 1.29 is 18.0 Å². The molecule has 1 unspecified atom stereocenters. The lowest BCUT2D eigenvalue weighted by molar-refractivity contribution is -0.139. The molecular weight excluding hydrogens is 474 g/mol. The number of rotatable bonds is 9. The maximum atomic E-state index is 13.8. The molecule has 1 atom stereocenters. The van der Waals surface area contributed by atoms with Crippen molar-refractivity contribution >= 4 is 27.5 Å². The number of aryl methyl sites for hydroxylation is 3. The van der Waals surface area contributed by atoms with E-state index in [1.54, 1.807) is 37.3 Å². The molecule has 190 valence electrons. The Morgan fingerprint density at radius 1 is 0.889 bits per heavy atom. The van der Waals surface area contributed by atoms with Gasteiger partial charge in [-0.05, 0) is 74.2 Å². The summed E-state index contributed by atoms with van der Waals surface area (Å²) in [5.41, 5.74) is 4.00. The van der Waals surface area contributed by atoms with Crippen molar-refractivity contribution in [2.75, 3.05) is 17.9 Å². The number of likely N-dealkylation sites (N-methyl/N-ethyl adjacent to an activating group) is 1. The molecule has 0 spiro atoms. The van der Waals surface area contributed by atoms with Gasteiger partial charge in [0.25, 0.3) is 10.0 Å². The Hall–Kier alpha value is -3.65. The number of nitrogens with zero attached hydrogens (tertiary/aromatic N) is 2. The van der Waals surface area contributed by atoms with Crippen LogP contribution in [0, 0.1) is 20.8 Å². The summed E-state index contributed by atoms with van der Waals surface area (Å²) >= 11 is 0. The van der Waals surface area contributed by atoms with Crippen LogP contribution in [0.5, 0.6) is 0 Å². The van der Waals surface area contributed by atoms with Crippen LogP contribution in [-0.4, -0.2) is 44.8 Å². The number of carbonyl (C=O) groups is 2. The second-order valence-electron chi connectivity index (χ2n) is 8.91. The number of nitrogens with one attached hydrogen (secondary N) is 1. The largest absolute Gasteiger partial charge is 0.357 e. The van der Waals surface area contributed by atoms with Gasteiger partial charge in [-0.15, -0.1) is 0 Å². The smallest absolute Gasteiger partial charge is 0.264 e. The molecule has 36 heavy (non-hydrogen) atoms. The summed E-state index contributed by atoms with van der Waals surface area (Å²) in [6, 6.07) is 20.3. The van der Waals surface area contributed by atoms with E-state index in [1.165, 1.54) is 24.1 Å².